The van der Waals surface area contributed by atoms with Gasteiger partial charge in [-0.2, -0.15) is 4.31 Å². The third-order valence-electron chi connectivity index (χ3n) is 5.94. The summed E-state index contributed by atoms with van der Waals surface area (Å²) in [6, 6.07) is 3.38. The first-order valence-electron chi connectivity index (χ1n) is 9.31. The topological polar surface area (TPSA) is 74.8 Å². The third-order valence-corrected chi connectivity index (χ3v) is 8.08. The quantitative estimate of drug-likeness (QED) is 0.586. The van der Waals surface area contributed by atoms with Crippen LogP contribution in [0.5, 0.6) is 0 Å². The highest BCUT2D eigenvalue weighted by atomic mass is 32.2. The van der Waals surface area contributed by atoms with Crippen LogP contribution in [0.2, 0.25) is 0 Å². The Morgan fingerprint density at radius 1 is 0.889 bits per heavy atom. The molecule has 2 heterocycles. The second-order valence-electron chi connectivity index (χ2n) is 7.91. The van der Waals surface area contributed by atoms with Crippen LogP contribution in [0.1, 0.15) is 29.5 Å². The van der Waals surface area contributed by atoms with Gasteiger partial charge in [0.1, 0.15) is 0 Å². The summed E-state index contributed by atoms with van der Waals surface area (Å²) in [4.78, 5) is 27.0. The van der Waals surface area contributed by atoms with Gasteiger partial charge in [0.05, 0.1) is 22.8 Å². The van der Waals surface area contributed by atoms with Gasteiger partial charge in [-0.15, -0.1) is 0 Å². The molecule has 0 N–H and O–H groups in total. The largest absolute Gasteiger partial charge is 0.276 e. The molecule has 2 aliphatic heterocycles. The van der Waals surface area contributed by atoms with E-state index < -0.39 is 10.0 Å². The number of aryl methyl sites for hydroxylation is 3. The molecule has 2 atom stereocenters. The summed E-state index contributed by atoms with van der Waals surface area (Å²) in [5, 5.41) is 0. The summed E-state index contributed by atoms with van der Waals surface area (Å²) in [5.41, 5.74) is 2.47. The molecular formula is C20H24N2O4S. The molecule has 3 aliphatic rings. The molecule has 6 nitrogen and oxygen atoms in total. The van der Waals surface area contributed by atoms with Crippen molar-refractivity contribution in [1.82, 2.24) is 9.21 Å². The zero-order valence-electron chi connectivity index (χ0n) is 15.8. The maximum Gasteiger partial charge on any atom is 0.243 e. The van der Waals surface area contributed by atoms with Crippen LogP contribution in [0, 0.1) is 32.6 Å². The Labute approximate surface area is 159 Å². The fourth-order valence-corrected chi connectivity index (χ4v) is 6.59. The summed E-state index contributed by atoms with van der Waals surface area (Å²) in [6.45, 7) is 5.90. The minimum atomic E-state index is -3.63. The molecule has 7 heteroatoms. The molecule has 2 saturated heterocycles. The molecule has 27 heavy (non-hydrogen) atoms. The van der Waals surface area contributed by atoms with E-state index >= 15 is 0 Å². The van der Waals surface area contributed by atoms with Crippen molar-refractivity contribution in [2.24, 2.45) is 11.8 Å². The van der Waals surface area contributed by atoms with E-state index in [1.54, 1.807) is 13.8 Å². The Balaban J connectivity index is 1.53. The standard InChI is InChI=1S/C20H24N2O4S/c1-12-8-13(2)18(14(3)9-12)27(25,26)21-10-15(11-21)22-19(23)16-6-4-5-7-17(16)20(22)24/h4-5,8-9,15-17H,6-7,10-11H2,1-3H3. The Hall–Kier alpha value is -1.99. The minimum absolute atomic E-state index is 0.140. The minimum Gasteiger partial charge on any atom is -0.276 e. The molecule has 2 fully saturated rings. The maximum absolute atomic E-state index is 13.1. The van der Waals surface area contributed by atoms with Gasteiger partial charge in [0.2, 0.25) is 21.8 Å². The van der Waals surface area contributed by atoms with E-state index in [1.807, 2.05) is 31.2 Å². The van der Waals surface area contributed by atoms with E-state index in [-0.39, 0.29) is 42.8 Å². The Morgan fingerprint density at radius 3 is 1.85 bits per heavy atom. The van der Waals surface area contributed by atoms with E-state index in [0.29, 0.717) is 17.7 Å². The molecule has 1 aliphatic carbocycles. The molecular weight excluding hydrogens is 364 g/mol. The lowest BCUT2D eigenvalue weighted by Gasteiger charge is -2.42. The summed E-state index contributed by atoms with van der Waals surface area (Å²) in [7, 11) is -3.63. The number of rotatable bonds is 3. The van der Waals surface area contributed by atoms with Crippen molar-refractivity contribution >= 4 is 21.8 Å². The van der Waals surface area contributed by atoms with Crippen LogP contribution in [-0.4, -0.2) is 48.6 Å². The van der Waals surface area contributed by atoms with E-state index in [2.05, 4.69) is 0 Å². The first kappa shape index (κ1) is 18.4. The highest BCUT2D eigenvalue weighted by Gasteiger charge is 2.53. The number of carbonyl (C=O) groups excluding carboxylic acids is 2. The van der Waals surface area contributed by atoms with Crippen LogP contribution in [0.25, 0.3) is 0 Å². The number of benzene rings is 1. The number of fused-ring (bicyclic) bond motifs is 1. The summed E-state index contributed by atoms with van der Waals surface area (Å²) < 4.78 is 27.5. The van der Waals surface area contributed by atoms with Gasteiger partial charge >= 0.3 is 0 Å². The highest BCUT2D eigenvalue weighted by molar-refractivity contribution is 7.89. The van der Waals surface area contributed by atoms with Crippen LogP contribution in [-0.2, 0) is 19.6 Å². The lowest BCUT2D eigenvalue weighted by atomic mass is 9.85. The van der Waals surface area contributed by atoms with Crippen molar-refractivity contribution in [2.75, 3.05) is 13.1 Å². The van der Waals surface area contributed by atoms with Crippen molar-refractivity contribution in [2.45, 2.75) is 44.6 Å². The SMILES string of the molecule is Cc1cc(C)c(S(=O)(=O)N2CC(N3C(=O)C4CC=CCC4C3=O)C2)c(C)c1. The van der Waals surface area contributed by atoms with Crippen LogP contribution >= 0.6 is 0 Å². The molecule has 1 aromatic carbocycles. The number of hydrogen-bond donors (Lipinski definition) is 0. The van der Waals surface area contributed by atoms with Crippen molar-refractivity contribution in [3.63, 3.8) is 0 Å². The summed E-state index contributed by atoms with van der Waals surface area (Å²) in [6.07, 6.45) is 5.11. The van der Waals surface area contributed by atoms with Gasteiger partial charge in [-0.25, -0.2) is 8.42 Å². The molecule has 0 radical (unpaired) electrons. The Morgan fingerprint density at radius 2 is 1.37 bits per heavy atom. The summed E-state index contributed by atoms with van der Waals surface area (Å²) >= 11 is 0. The molecule has 144 valence electrons. The predicted octanol–water partition coefficient (Wildman–Crippen LogP) is 1.94. The molecule has 0 saturated carbocycles. The first-order chi connectivity index (χ1) is 12.7. The molecule has 0 aromatic heterocycles. The highest BCUT2D eigenvalue weighted by Crippen LogP contribution is 2.38. The van der Waals surface area contributed by atoms with Crippen LogP contribution in [0.3, 0.4) is 0 Å². The lowest BCUT2D eigenvalue weighted by Crippen LogP contribution is -2.62. The number of nitrogens with zero attached hydrogens (tertiary/aromatic N) is 2. The zero-order chi connectivity index (χ0) is 19.5. The van der Waals surface area contributed by atoms with Gasteiger partial charge in [-0.1, -0.05) is 29.8 Å². The van der Waals surface area contributed by atoms with Gasteiger partial charge in [0.25, 0.3) is 0 Å². The smallest absolute Gasteiger partial charge is 0.243 e. The number of amides is 2. The van der Waals surface area contributed by atoms with Gasteiger partial charge < -0.3 is 0 Å². The Kier molecular flexibility index (Phi) is 4.27. The number of imide groups is 1. The molecule has 0 spiro atoms. The van der Waals surface area contributed by atoms with Gasteiger partial charge in [-0.3, -0.25) is 14.5 Å². The second kappa shape index (κ2) is 6.27. The summed E-state index contributed by atoms with van der Waals surface area (Å²) in [5.74, 6) is -0.817. The van der Waals surface area contributed by atoms with E-state index in [0.717, 1.165) is 16.7 Å². The van der Waals surface area contributed by atoms with Crippen LogP contribution < -0.4 is 0 Å². The van der Waals surface area contributed by atoms with Crippen LogP contribution in [0.15, 0.2) is 29.2 Å². The monoisotopic (exact) mass is 388 g/mol. The van der Waals surface area contributed by atoms with E-state index in [4.69, 9.17) is 0 Å². The molecule has 2 unspecified atom stereocenters. The zero-order valence-corrected chi connectivity index (χ0v) is 16.6. The average Bonchev–Trinajstić information content (AvgIpc) is 2.78. The molecule has 1 aromatic rings. The fraction of sp³-hybridized carbons (Fsp3) is 0.500. The van der Waals surface area contributed by atoms with E-state index in [9.17, 15) is 18.0 Å². The fourth-order valence-electron chi connectivity index (χ4n) is 4.66. The molecule has 4 rings (SSSR count). The number of allylic oxidation sites excluding steroid dienone is 2. The maximum atomic E-state index is 13.1. The van der Waals surface area contributed by atoms with Gasteiger partial charge in [-0.05, 0) is 44.7 Å². The van der Waals surface area contributed by atoms with Gasteiger partial charge in [0.15, 0.2) is 0 Å². The normalized spacial score (nSPS) is 26.4. The Bertz CT molecular complexity index is 911. The number of sulfonamides is 1. The van der Waals surface area contributed by atoms with Crippen molar-refractivity contribution < 1.29 is 18.0 Å². The number of likely N-dealkylation sites (tertiary alicyclic amines) is 1. The lowest BCUT2D eigenvalue weighted by molar-refractivity contribution is -0.145. The van der Waals surface area contributed by atoms with E-state index in [1.165, 1.54) is 9.21 Å². The number of hydrogen-bond acceptors (Lipinski definition) is 4. The molecule has 2 amide bonds. The first-order valence-corrected chi connectivity index (χ1v) is 10.8. The predicted molar refractivity (Wildman–Crippen MR) is 100 cm³/mol. The third kappa shape index (κ3) is 2.75. The van der Waals surface area contributed by atoms with Gasteiger partial charge in [0, 0.05) is 13.1 Å². The van der Waals surface area contributed by atoms with Crippen molar-refractivity contribution in [1.29, 1.82) is 0 Å². The second-order valence-corrected chi connectivity index (χ2v) is 9.78. The molecule has 0 bridgehead atoms. The van der Waals surface area contributed by atoms with Crippen molar-refractivity contribution in [3.05, 3.63) is 41.0 Å². The number of carbonyl (C=O) groups is 2. The van der Waals surface area contributed by atoms with Crippen LogP contribution in [0.4, 0.5) is 0 Å². The average molecular weight is 388 g/mol. The van der Waals surface area contributed by atoms with Crippen molar-refractivity contribution in [3.8, 4) is 0 Å².